The Balaban J connectivity index is 0.000000183. The van der Waals surface area contributed by atoms with Crippen LogP contribution in [0.5, 0.6) is 46.0 Å². The first-order valence-electron chi connectivity index (χ1n) is 26.2. The Kier molecular flexibility index (Phi) is 20.0. The molecule has 74 heavy (non-hydrogen) atoms. The Labute approximate surface area is 442 Å². The van der Waals surface area contributed by atoms with E-state index in [1.807, 2.05) is 34.6 Å². The fourth-order valence-electron chi connectivity index (χ4n) is 11.6. The zero-order valence-corrected chi connectivity index (χ0v) is 45.8. The molecular formula is C66H84O8. The van der Waals surface area contributed by atoms with Gasteiger partial charge in [0.1, 0.15) is 46.0 Å². The van der Waals surface area contributed by atoms with Gasteiger partial charge in [-0.3, -0.25) is 0 Å². The summed E-state index contributed by atoms with van der Waals surface area (Å²) in [6.45, 7) is 36.7. The normalized spacial score (nSPS) is 23.3. The molecule has 8 heteroatoms. The molecule has 0 aromatic heterocycles. The number of aryl methyl sites for hydroxylation is 2. The van der Waals surface area contributed by atoms with Crippen molar-refractivity contribution in [3.8, 4) is 46.0 Å². The summed E-state index contributed by atoms with van der Waals surface area (Å²) in [5, 5.41) is 79.5. The second-order valence-electron chi connectivity index (χ2n) is 22.0. The maximum absolute atomic E-state index is 10.2. The van der Waals surface area contributed by atoms with Crippen LogP contribution < -0.4 is 0 Å². The van der Waals surface area contributed by atoms with Gasteiger partial charge in [-0.15, -0.1) is 0 Å². The third-order valence-electron chi connectivity index (χ3n) is 15.6. The summed E-state index contributed by atoms with van der Waals surface area (Å²) in [7, 11) is 0. The molecule has 4 aliphatic rings. The van der Waals surface area contributed by atoms with Crippen molar-refractivity contribution in [2.75, 3.05) is 0 Å². The molecule has 396 valence electrons. The molecule has 0 bridgehead atoms. The number of phenolic OH excluding ortho intramolecular Hbond substituents is 8. The van der Waals surface area contributed by atoms with Crippen LogP contribution in [0, 0.1) is 37.5 Å². The van der Waals surface area contributed by atoms with Crippen LogP contribution in [0.2, 0.25) is 0 Å². The number of phenols is 8. The van der Waals surface area contributed by atoms with Gasteiger partial charge < -0.3 is 40.9 Å². The van der Waals surface area contributed by atoms with Gasteiger partial charge in [0.05, 0.1) is 0 Å². The largest absolute Gasteiger partial charge is 0.508 e. The fraction of sp³-hybridized carbons (Fsp3) is 0.394. The molecule has 0 saturated carbocycles. The third kappa shape index (κ3) is 14.5. The maximum Gasteiger partial charge on any atom is 0.123 e. The van der Waals surface area contributed by atoms with E-state index >= 15 is 0 Å². The molecule has 8 atom stereocenters. The van der Waals surface area contributed by atoms with Gasteiger partial charge in [0.2, 0.25) is 0 Å². The van der Waals surface area contributed by atoms with Crippen LogP contribution >= 0.6 is 0 Å². The van der Waals surface area contributed by atoms with Gasteiger partial charge in [0.25, 0.3) is 0 Å². The standard InChI is InChI=1S/2C17H22O2.2C16H20O2/c1-10(2)14-6-5-11(3)7-15(14)17-12(4)8-13(18)9-16(17)19;1-10(2)13-6-5-11(3)7-14(13)17-15(18)8-12(4)9-16(17)19;1-10(2)13-6-4-11(3)8-15(13)14-7-5-12(17)9-16(14)18;1-10(2)12-8-7-11(3)9-13(12)16-14(17)5-4-6-15(16)18/h7-9,14-15,18-19H,1,5-6H2,2-4H3;7-9,13-14,18-19H,1,5-6H2,2-4H3;5,7-9,13,15,17-18H,1,4,6H2,2-3H3;4-6,9,12-13,17-18H,1,7-8H2,2-3H3/t14-,15?;13-,14?;13-,15?;12-,13?/m0000/s1. The van der Waals surface area contributed by atoms with Crippen molar-refractivity contribution >= 4 is 0 Å². The number of allylic oxidation sites excluding steroid dienone is 12. The first kappa shape index (κ1) is 58.1. The molecule has 0 heterocycles. The lowest BCUT2D eigenvalue weighted by molar-refractivity contribution is 0.406. The summed E-state index contributed by atoms with van der Waals surface area (Å²) >= 11 is 0. The van der Waals surface area contributed by atoms with E-state index in [0.29, 0.717) is 23.0 Å². The van der Waals surface area contributed by atoms with Crippen molar-refractivity contribution in [1.82, 2.24) is 0 Å². The van der Waals surface area contributed by atoms with Crippen LogP contribution in [0.15, 0.2) is 156 Å². The van der Waals surface area contributed by atoms with Gasteiger partial charge in [-0.2, -0.15) is 0 Å². The average Bonchev–Trinajstić information content (AvgIpc) is 3.29. The van der Waals surface area contributed by atoms with Crippen LogP contribution in [0.4, 0.5) is 0 Å². The van der Waals surface area contributed by atoms with Gasteiger partial charge in [0, 0.05) is 58.1 Å². The van der Waals surface area contributed by atoms with Gasteiger partial charge in [-0.25, -0.2) is 0 Å². The molecule has 8 rings (SSSR count). The second kappa shape index (κ2) is 25.4. The monoisotopic (exact) mass is 1000 g/mol. The van der Waals surface area contributed by atoms with Crippen LogP contribution in [-0.4, -0.2) is 40.9 Å². The lowest BCUT2D eigenvalue weighted by Crippen LogP contribution is -2.17. The lowest BCUT2D eigenvalue weighted by Gasteiger charge is -2.32. The van der Waals surface area contributed by atoms with E-state index < -0.39 is 0 Å². The molecule has 0 spiro atoms. The minimum absolute atomic E-state index is 0.0202. The zero-order chi connectivity index (χ0) is 54.9. The van der Waals surface area contributed by atoms with E-state index in [4.69, 9.17) is 0 Å². The maximum atomic E-state index is 10.2. The molecule has 0 amide bonds. The summed E-state index contributed by atoms with van der Waals surface area (Å²) in [4.78, 5) is 0. The van der Waals surface area contributed by atoms with E-state index in [0.717, 1.165) is 95.9 Å². The predicted molar refractivity (Wildman–Crippen MR) is 305 cm³/mol. The van der Waals surface area contributed by atoms with Crippen molar-refractivity contribution in [1.29, 1.82) is 0 Å². The van der Waals surface area contributed by atoms with E-state index in [-0.39, 0.29) is 81.5 Å². The molecule has 8 nitrogen and oxygen atoms in total. The molecule has 0 fully saturated rings. The highest BCUT2D eigenvalue weighted by atomic mass is 16.3. The molecule has 4 aromatic carbocycles. The Bertz CT molecular complexity index is 2690. The topological polar surface area (TPSA) is 162 Å². The van der Waals surface area contributed by atoms with Crippen molar-refractivity contribution in [2.45, 2.75) is 144 Å². The van der Waals surface area contributed by atoms with Crippen LogP contribution in [0.3, 0.4) is 0 Å². The van der Waals surface area contributed by atoms with Crippen molar-refractivity contribution in [2.24, 2.45) is 23.7 Å². The molecule has 8 N–H and O–H groups in total. The minimum Gasteiger partial charge on any atom is -0.508 e. The van der Waals surface area contributed by atoms with Crippen LogP contribution in [0.25, 0.3) is 0 Å². The SMILES string of the molecule is C=C(C)[C@@H]1CCC(C)=CC1c1c(C)cc(O)cc1O.C=C(C)[C@@H]1CCC(C)=CC1c1c(O)cc(C)cc1O.C=C(C)[C@@H]1CCC(C)=CC1c1c(O)cccc1O.C=C(C)[C@@H]1CCC(C)=CC1c1ccc(O)cc1O. The second-order valence-corrected chi connectivity index (χ2v) is 22.0. The zero-order valence-electron chi connectivity index (χ0n) is 45.8. The molecule has 4 unspecified atom stereocenters. The van der Waals surface area contributed by atoms with Crippen molar-refractivity contribution in [3.05, 3.63) is 189 Å². The van der Waals surface area contributed by atoms with Gasteiger partial charge in [-0.1, -0.05) is 107 Å². The minimum atomic E-state index is 0.0202. The smallest absolute Gasteiger partial charge is 0.123 e. The number of rotatable bonds is 8. The van der Waals surface area contributed by atoms with E-state index in [2.05, 4.69) is 85.2 Å². The van der Waals surface area contributed by atoms with E-state index in [1.165, 1.54) is 34.4 Å². The van der Waals surface area contributed by atoms with Crippen LogP contribution in [-0.2, 0) is 0 Å². The highest BCUT2D eigenvalue weighted by Gasteiger charge is 2.33. The van der Waals surface area contributed by atoms with E-state index in [1.54, 1.807) is 48.5 Å². The summed E-state index contributed by atoms with van der Waals surface area (Å²) in [5.74, 6) is 2.90. The summed E-state index contributed by atoms with van der Waals surface area (Å²) < 4.78 is 0. The third-order valence-corrected chi connectivity index (χ3v) is 15.6. The molecule has 0 aliphatic heterocycles. The highest BCUT2D eigenvalue weighted by Crippen LogP contribution is 2.49. The number of aromatic hydroxyl groups is 8. The Hall–Kier alpha value is -6.80. The Morgan fingerprint density at radius 1 is 0.378 bits per heavy atom. The number of hydrogen-bond donors (Lipinski definition) is 8. The summed E-state index contributed by atoms with van der Waals surface area (Å²) in [5.41, 5.74) is 14.7. The quantitative estimate of drug-likeness (QED) is 0.0810. The highest BCUT2D eigenvalue weighted by molar-refractivity contribution is 5.53. The summed E-state index contributed by atoms with van der Waals surface area (Å²) in [6.07, 6.45) is 17.2. The molecule has 4 aromatic rings. The molecular weight excluding hydrogens is 921 g/mol. The molecule has 4 aliphatic carbocycles. The molecule has 0 saturated heterocycles. The number of benzene rings is 4. The van der Waals surface area contributed by atoms with Crippen molar-refractivity contribution < 1.29 is 40.9 Å². The molecule has 0 radical (unpaired) electrons. The first-order valence-corrected chi connectivity index (χ1v) is 26.2. The van der Waals surface area contributed by atoms with Gasteiger partial charge in [0.15, 0.2) is 0 Å². The lowest BCUT2D eigenvalue weighted by atomic mass is 9.73. The predicted octanol–water partition coefficient (Wildman–Crippen LogP) is 17.1. The number of hydrogen-bond acceptors (Lipinski definition) is 8. The fourth-order valence-corrected chi connectivity index (χ4v) is 11.6. The van der Waals surface area contributed by atoms with Crippen molar-refractivity contribution in [3.63, 3.8) is 0 Å². The van der Waals surface area contributed by atoms with E-state index in [9.17, 15) is 40.9 Å². The van der Waals surface area contributed by atoms with Gasteiger partial charge in [-0.05, 0) is 192 Å². The Morgan fingerprint density at radius 3 is 1.09 bits per heavy atom. The van der Waals surface area contributed by atoms with Crippen LogP contribution in [0.1, 0.15) is 164 Å². The average molecular weight is 1010 g/mol. The first-order chi connectivity index (χ1) is 34.8. The Morgan fingerprint density at radius 2 is 0.716 bits per heavy atom. The van der Waals surface area contributed by atoms with Gasteiger partial charge >= 0.3 is 0 Å². The summed E-state index contributed by atoms with van der Waals surface area (Å²) in [6, 6.07) is 16.3.